The maximum atomic E-state index is 13.3. The zero-order valence-corrected chi connectivity index (χ0v) is 18.0. The van der Waals surface area contributed by atoms with Crippen molar-refractivity contribution < 1.29 is 13.6 Å². The van der Waals surface area contributed by atoms with Crippen LogP contribution in [0.1, 0.15) is 44.5 Å². The van der Waals surface area contributed by atoms with E-state index in [1.165, 1.54) is 16.4 Å². The number of halogens is 2. The fourth-order valence-electron chi connectivity index (χ4n) is 3.60. The molecule has 0 saturated carbocycles. The molecule has 3 rings (SSSR count). The number of rotatable bonds is 5. The van der Waals surface area contributed by atoms with Crippen molar-refractivity contribution >= 4 is 23.5 Å². The van der Waals surface area contributed by atoms with E-state index in [1.807, 2.05) is 19.1 Å². The van der Waals surface area contributed by atoms with Crippen molar-refractivity contribution in [1.29, 1.82) is 0 Å². The van der Waals surface area contributed by atoms with Crippen LogP contribution in [0.15, 0.2) is 29.4 Å². The van der Waals surface area contributed by atoms with Crippen molar-refractivity contribution in [2.24, 2.45) is 13.0 Å². The molecule has 3 heterocycles. The monoisotopic (exact) mass is 423 g/mol. The summed E-state index contributed by atoms with van der Waals surface area (Å²) in [7, 11) is 1.66. The van der Waals surface area contributed by atoms with Crippen LogP contribution in [0.3, 0.4) is 0 Å². The normalized spacial score (nSPS) is 15.8. The Kier molecular flexibility index (Phi) is 6.45. The van der Waals surface area contributed by atoms with E-state index in [1.54, 1.807) is 24.3 Å². The van der Waals surface area contributed by atoms with Gasteiger partial charge in [0.1, 0.15) is 5.69 Å². The number of thioether (sulfide) groups is 1. The number of alkyl halides is 2. The molecule has 2 aromatic rings. The van der Waals surface area contributed by atoms with Crippen LogP contribution in [0.5, 0.6) is 0 Å². The number of pyridine rings is 1. The third-order valence-electron chi connectivity index (χ3n) is 5.33. The molecule has 2 amide bonds. The molecule has 1 aliphatic rings. The highest BCUT2D eigenvalue weighted by Gasteiger charge is 2.36. The van der Waals surface area contributed by atoms with Gasteiger partial charge in [-0.1, -0.05) is 13.8 Å². The predicted octanol–water partition coefficient (Wildman–Crippen LogP) is 4.88. The molecule has 0 atom stereocenters. The molecule has 29 heavy (non-hydrogen) atoms. The van der Waals surface area contributed by atoms with Crippen LogP contribution in [0.25, 0.3) is 0 Å². The first-order valence-corrected chi connectivity index (χ1v) is 10.5. The van der Waals surface area contributed by atoms with Crippen molar-refractivity contribution in [2.75, 3.05) is 18.4 Å². The van der Waals surface area contributed by atoms with Gasteiger partial charge in [0.2, 0.25) is 0 Å². The third kappa shape index (κ3) is 5.26. The number of piperidine rings is 1. The summed E-state index contributed by atoms with van der Waals surface area (Å²) in [5.41, 5.74) is 1.41. The first-order valence-electron chi connectivity index (χ1n) is 9.65. The summed E-state index contributed by atoms with van der Waals surface area (Å²) in [6.45, 7) is 7.32. The lowest BCUT2D eigenvalue weighted by molar-refractivity contribution is 0.142. The number of aryl methyl sites for hydroxylation is 2. The van der Waals surface area contributed by atoms with Crippen molar-refractivity contribution in [3.05, 3.63) is 35.9 Å². The highest BCUT2D eigenvalue weighted by molar-refractivity contribution is 8.00. The first-order chi connectivity index (χ1) is 13.7. The van der Waals surface area contributed by atoms with Crippen LogP contribution >= 0.6 is 11.8 Å². The minimum absolute atomic E-state index is 0.133. The summed E-state index contributed by atoms with van der Waals surface area (Å²) in [4.78, 5) is 19.0. The molecule has 0 unspecified atom stereocenters. The molecule has 0 spiro atoms. The van der Waals surface area contributed by atoms with Gasteiger partial charge in [-0.05, 0) is 37.8 Å². The Morgan fingerprint density at radius 2 is 2.00 bits per heavy atom. The van der Waals surface area contributed by atoms with E-state index < -0.39 is 6.43 Å². The molecule has 1 N–H and O–H groups in total. The Hall–Kier alpha value is -2.16. The number of hydrogen-bond donors (Lipinski definition) is 1. The minimum Gasteiger partial charge on any atom is -0.325 e. The van der Waals surface area contributed by atoms with E-state index in [0.29, 0.717) is 29.6 Å². The van der Waals surface area contributed by atoms with Gasteiger partial charge in [-0.3, -0.25) is 9.67 Å². The number of likely N-dealkylation sites (tertiary alicyclic amines) is 1. The van der Waals surface area contributed by atoms with E-state index >= 15 is 0 Å². The fourth-order valence-corrected chi connectivity index (χ4v) is 5.01. The Bertz CT molecular complexity index is 845. The first kappa shape index (κ1) is 21.5. The summed E-state index contributed by atoms with van der Waals surface area (Å²) in [5.74, 6) is 0.309. The standard InChI is InChI=1S/C20H27F2N5OS/c1-13-5-6-15(11-23-13)24-19(28)27-9-7-14(8-10-27)20(2,3)29-16-12-26(4)25-17(16)18(21)22/h5-6,11-12,14,18H,7-10H2,1-4H3,(H,24,28). The third-order valence-corrected chi connectivity index (χ3v) is 6.72. The molecule has 0 aromatic carbocycles. The highest BCUT2D eigenvalue weighted by Crippen LogP contribution is 2.44. The number of anilines is 1. The second kappa shape index (κ2) is 8.69. The van der Waals surface area contributed by atoms with E-state index in [2.05, 4.69) is 29.2 Å². The smallest absolute Gasteiger partial charge is 0.321 e. The quantitative estimate of drug-likeness (QED) is 0.697. The zero-order chi connectivity index (χ0) is 21.2. The topological polar surface area (TPSA) is 63.1 Å². The number of nitrogens with one attached hydrogen (secondary N) is 1. The van der Waals surface area contributed by atoms with Gasteiger partial charge in [-0.15, -0.1) is 11.8 Å². The van der Waals surface area contributed by atoms with E-state index in [0.717, 1.165) is 18.5 Å². The van der Waals surface area contributed by atoms with Crippen LogP contribution in [0, 0.1) is 12.8 Å². The zero-order valence-electron chi connectivity index (χ0n) is 17.2. The lowest BCUT2D eigenvalue weighted by Gasteiger charge is -2.40. The number of carbonyl (C=O) groups is 1. The number of hydrogen-bond acceptors (Lipinski definition) is 4. The van der Waals surface area contributed by atoms with Gasteiger partial charge in [0.15, 0.2) is 0 Å². The van der Waals surface area contributed by atoms with Gasteiger partial charge in [0.25, 0.3) is 6.43 Å². The molecular weight excluding hydrogens is 396 g/mol. The molecule has 0 bridgehead atoms. The maximum Gasteiger partial charge on any atom is 0.321 e. The second-order valence-electron chi connectivity index (χ2n) is 7.94. The highest BCUT2D eigenvalue weighted by atomic mass is 32.2. The Morgan fingerprint density at radius 1 is 1.31 bits per heavy atom. The molecule has 9 heteroatoms. The van der Waals surface area contributed by atoms with E-state index in [-0.39, 0.29) is 16.5 Å². The van der Waals surface area contributed by atoms with Crippen LogP contribution in [0.4, 0.5) is 19.3 Å². The molecule has 1 fully saturated rings. The van der Waals surface area contributed by atoms with Crippen molar-refractivity contribution in [1.82, 2.24) is 19.7 Å². The second-order valence-corrected chi connectivity index (χ2v) is 9.63. The molecule has 0 aliphatic carbocycles. The molecule has 158 valence electrons. The van der Waals surface area contributed by atoms with Crippen molar-refractivity contribution in [2.45, 2.75) is 49.7 Å². The number of aromatic nitrogens is 3. The molecule has 6 nitrogen and oxygen atoms in total. The number of amides is 2. The Morgan fingerprint density at radius 3 is 2.59 bits per heavy atom. The summed E-state index contributed by atoms with van der Waals surface area (Å²) in [5, 5.41) is 6.78. The van der Waals surface area contributed by atoms with Crippen LogP contribution in [0.2, 0.25) is 0 Å². The molecule has 1 saturated heterocycles. The Balaban J connectivity index is 1.57. The Labute approximate surface area is 174 Å². The molecule has 0 radical (unpaired) electrons. The van der Waals surface area contributed by atoms with Gasteiger partial charge in [0.05, 0.1) is 16.8 Å². The minimum atomic E-state index is -2.59. The largest absolute Gasteiger partial charge is 0.325 e. The summed E-state index contributed by atoms with van der Waals surface area (Å²) >= 11 is 1.45. The van der Waals surface area contributed by atoms with Crippen LogP contribution in [-0.4, -0.2) is 43.5 Å². The van der Waals surface area contributed by atoms with Gasteiger partial charge in [0, 0.05) is 36.8 Å². The molecule has 1 aliphatic heterocycles. The lowest BCUT2D eigenvalue weighted by Crippen LogP contribution is -2.44. The van der Waals surface area contributed by atoms with E-state index in [4.69, 9.17) is 0 Å². The van der Waals surface area contributed by atoms with Crippen LogP contribution < -0.4 is 5.32 Å². The summed E-state index contributed by atoms with van der Waals surface area (Å²) in [6.07, 6.45) is 2.37. The van der Waals surface area contributed by atoms with Gasteiger partial charge < -0.3 is 10.2 Å². The number of urea groups is 1. The molecule has 2 aromatic heterocycles. The number of nitrogens with zero attached hydrogens (tertiary/aromatic N) is 4. The lowest BCUT2D eigenvalue weighted by atomic mass is 9.86. The fraction of sp³-hybridized carbons (Fsp3) is 0.550. The van der Waals surface area contributed by atoms with Gasteiger partial charge >= 0.3 is 6.03 Å². The van der Waals surface area contributed by atoms with Crippen LogP contribution in [-0.2, 0) is 7.05 Å². The average molecular weight is 424 g/mol. The van der Waals surface area contributed by atoms with Crippen molar-refractivity contribution in [3.63, 3.8) is 0 Å². The maximum absolute atomic E-state index is 13.3. The SMILES string of the molecule is Cc1ccc(NC(=O)N2CCC(C(C)(C)Sc3cn(C)nc3C(F)F)CC2)cn1. The summed E-state index contributed by atoms with van der Waals surface area (Å²) in [6, 6.07) is 3.56. The van der Waals surface area contributed by atoms with Gasteiger partial charge in [-0.2, -0.15) is 5.10 Å². The summed E-state index contributed by atoms with van der Waals surface area (Å²) < 4.78 is 27.7. The predicted molar refractivity (Wildman–Crippen MR) is 110 cm³/mol. The number of carbonyl (C=O) groups excluding carboxylic acids is 1. The van der Waals surface area contributed by atoms with Gasteiger partial charge in [-0.25, -0.2) is 13.6 Å². The van der Waals surface area contributed by atoms with Crippen molar-refractivity contribution in [3.8, 4) is 0 Å². The van der Waals surface area contributed by atoms with E-state index in [9.17, 15) is 13.6 Å². The molecular formula is C20H27F2N5OS. The average Bonchev–Trinajstić information content (AvgIpc) is 3.03.